The highest BCUT2D eigenvalue weighted by Crippen LogP contribution is 2.35. The van der Waals surface area contributed by atoms with Crippen LogP contribution in [0.4, 0.5) is 17.1 Å². The number of benzene rings is 2. The van der Waals surface area contributed by atoms with Crippen LogP contribution in [0.1, 0.15) is 12.5 Å². The highest BCUT2D eigenvalue weighted by atomic mass is 79.9. The zero-order chi connectivity index (χ0) is 14.7. The summed E-state index contributed by atoms with van der Waals surface area (Å²) in [7, 11) is 0. The van der Waals surface area contributed by atoms with Gasteiger partial charge in [-0.1, -0.05) is 40.5 Å². The fraction of sp³-hybridized carbons (Fsp3) is 0.143. The smallest absolute Gasteiger partial charge is 0.311 e. The molecule has 104 valence electrons. The second-order valence-electron chi connectivity index (χ2n) is 4.17. The number of hydrogen-bond donors (Lipinski definition) is 1. The zero-order valence-electron chi connectivity index (χ0n) is 10.7. The number of nitro benzene ring substituents is 1. The lowest BCUT2D eigenvalue weighted by Crippen LogP contribution is -2.00. The van der Waals surface area contributed by atoms with Crippen LogP contribution in [0.5, 0.6) is 0 Å². The van der Waals surface area contributed by atoms with Crippen LogP contribution in [-0.4, -0.2) is 4.92 Å². The van der Waals surface area contributed by atoms with Gasteiger partial charge in [-0.25, -0.2) is 0 Å². The van der Waals surface area contributed by atoms with Crippen molar-refractivity contribution in [2.24, 2.45) is 0 Å². The number of hydrogen-bond acceptors (Lipinski definition) is 3. The number of rotatable bonds is 4. The fourth-order valence-corrected chi connectivity index (χ4v) is 2.58. The molecule has 0 unspecified atom stereocenters. The van der Waals surface area contributed by atoms with Gasteiger partial charge in [0.05, 0.1) is 4.92 Å². The van der Waals surface area contributed by atoms with Crippen molar-refractivity contribution in [3.05, 3.63) is 61.6 Å². The molecule has 0 aliphatic rings. The summed E-state index contributed by atoms with van der Waals surface area (Å²) in [5, 5.41) is 14.3. The van der Waals surface area contributed by atoms with Crippen molar-refractivity contribution in [3.8, 4) is 0 Å². The summed E-state index contributed by atoms with van der Waals surface area (Å²) in [5.41, 5.74) is 2.17. The van der Waals surface area contributed by atoms with Crippen molar-refractivity contribution < 1.29 is 4.92 Å². The molecule has 6 heteroatoms. The molecular formula is C14H12BrClN2O2. The van der Waals surface area contributed by atoms with Gasteiger partial charge in [0.15, 0.2) is 0 Å². The van der Waals surface area contributed by atoms with Crippen molar-refractivity contribution in [2.75, 3.05) is 5.32 Å². The third-order valence-electron chi connectivity index (χ3n) is 2.89. The first kappa shape index (κ1) is 14.8. The maximum absolute atomic E-state index is 11.1. The molecular weight excluding hydrogens is 344 g/mol. The monoisotopic (exact) mass is 354 g/mol. The first-order valence-corrected chi connectivity index (χ1v) is 7.18. The number of nitrogens with one attached hydrogen (secondary N) is 1. The first-order chi connectivity index (χ1) is 9.52. The Morgan fingerprint density at radius 3 is 2.70 bits per heavy atom. The molecule has 0 heterocycles. The number of nitrogens with zero attached hydrogens (tertiary/aromatic N) is 1. The van der Waals surface area contributed by atoms with Crippen molar-refractivity contribution >= 4 is 44.6 Å². The maximum atomic E-state index is 11.1. The molecule has 2 aromatic rings. The third kappa shape index (κ3) is 3.11. The molecule has 0 spiro atoms. The summed E-state index contributed by atoms with van der Waals surface area (Å²) in [6.45, 7) is 2.03. The van der Waals surface area contributed by atoms with Gasteiger partial charge in [0, 0.05) is 10.2 Å². The quantitative estimate of drug-likeness (QED) is 0.597. The molecule has 0 bridgehead atoms. The molecule has 0 saturated heterocycles. The topological polar surface area (TPSA) is 55.2 Å². The van der Waals surface area contributed by atoms with E-state index in [0.717, 1.165) is 22.1 Å². The van der Waals surface area contributed by atoms with E-state index in [0.29, 0.717) is 5.69 Å². The Hall–Kier alpha value is -1.59. The predicted molar refractivity (Wildman–Crippen MR) is 84.9 cm³/mol. The molecule has 0 radical (unpaired) electrons. The number of halogens is 2. The van der Waals surface area contributed by atoms with E-state index in [2.05, 4.69) is 21.2 Å². The molecule has 0 aliphatic carbocycles. The van der Waals surface area contributed by atoms with Gasteiger partial charge >= 0.3 is 5.69 Å². The Morgan fingerprint density at radius 2 is 2.05 bits per heavy atom. The van der Waals surface area contributed by atoms with E-state index in [9.17, 15) is 10.1 Å². The molecule has 2 rings (SSSR count). The minimum atomic E-state index is -0.477. The molecule has 0 amide bonds. The lowest BCUT2D eigenvalue weighted by atomic mass is 10.1. The summed E-state index contributed by atoms with van der Waals surface area (Å²) >= 11 is 9.32. The highest BCUT2D eigenvalue weighted by Gasteiger charge is 2.18. The predicted octanol–water partition coefficient (Wildman–Crippen LogP) is 5.32. The lowest BCUT2D eigenvalue weighted by Gasteiger charge is -2.12. The van der Waals surface area contributed by atoms with Crippen LogP contribution in [0.15, 0.2) is 40.9 Å². The van der Waals surface area contributed by atoms with Gasteiger partial charge in [-0.3, -0.25) is 10.1 Å². The molecule has 0 saturated carbocycles. The molecule has 4 nitrogen and oxygen atoms in total. The highest BCUT2D eigenvalue weighted by molar-refractivity contribution is 9.10. The van der Waals surface area contributed by atoms with Gasteiger partial charge in [0.1, 0.15) is 10.7 Å². The van der Waals surface area contributed by atoms with Crippen molar-refractivity contribution in [1.82, 2.24) is 0 Å². The Bertz CT molecular complexity index is 662. The number of aryl methyl sites for hydroxylation is 1. The average molecular weight is 356 g/mol. The maximum Gasteiger partial charge on any atom is 0.311 e. The summed E-state index contributed by atoms with van der Waals surface area (Å²) in [4.78, 5) is 10.6. The van der Waals surface area contributed by atoms with E-state index in [1.807, 2.05) is 25.1 Å². The Kier molecular flexibility index (Phi) is 4.62. The summed E-state index contributed by atoms with van der Waals surface area (Å²) in [6, 6.07) is 10.6. The largest absolute Gasteiger partial charge is 0.350 e. The summed E-state index contributed by atoms with van der Waals surface area (Å²) in [5.74, 6) is 0. The molecule has 0 aromatic heterocycles. The zero-order valence-corrected chi connectivity index (χ0v) is 13.0. The SMILES string of the molecule is CCc1cc(Br)ccc1Nc1cccc(Cl)c1[N+](=O)[O-]. The van der Waals surface area contributed by atoms with Crippen molar-refractivity contribution in [2.45, 2.75) is 13.3 Å². The summed E-state index contributed by atoms with van der Waals surface area (Å²) < 4.78 is 0.973. The van der Waals surface area contributed by atoms with Crippen LogP contribution in [0.3, 0.4) is 0 Å². The number of nitro groups is 1. The van der Waals surface area contributed by atoms with E-state index in [1.54, 1.807) is 12.1 Å². The van der Waals surface area contributed by atoms with Gasteiger partial charge in [-0.05, 0) is 42.3 Å². The van der Waals surface area contributed by atoms with Gasteiger partial charge in [-0.15, -0.1) is 0 Å². The number of anilines is 2. The van der Waals surface area contributed by atoms with Crippen LogP contribution in [0.25, 0.3) is 0 Å². The average Bonchev–Trinajstić information content (AvgIpc) is 2.40. The lowest BCUT2D eigenvalue weighted by molar-refractivity contribution is -0.383. The van der Waals surface area contributed by atoms with E-state index < -0.39 is 4.92 Å². The minimum absolute atomic E-state index is 0.112. The molecule has 0 fully saturated rings. The van der Waals surface area contributed by atoms with E-state index in [4.69, 9.17) is 11.6 Å². The Morgan fingerprint density at radius 1 is 1.30 bits per heavy atom. The van der Waals surface area contributed by atoms with E-state index in [1.165, 1.54) is 6.07 Å². The molecule has 0 atom stereocenters. The standard InChI is InChI=1S/C14H12BrClN2O2/c1-2-9-8-10(15)6-7-12(9)17-13-5-3-4-11(16)14(13)18(19)20/h3-8,17H,2H2,1H3. The molecule has 20 heavy (non-hydrogen) atoms. The van der Waals surface area contributed by atoms with E-state index >= 15 is 0 Å². The van der Waals surface area contributed by atoms with Crippen molar-refractivity contribution in [3.63, 3.8) is 0 Å². The molecule has 0 aliphatic heterocycles. The Balaban J connectivity index is 2.45. The molecule has 1 N–H and O–H groups in total. The normalized spacial score (nSPS) is 10.3. The van der Waals surface area contributed by atoms with Gasteiger partial charge in [-0.2, -0.15) is 0 Å². The minimum Gasteiger partial charge on any atom is -0.350 e. The summed E-state index contributed by atoms with van der Waals surface area (Å²) in [6.07, 6.45) is 0.816. The third-order valence-corrected chi connectivity index (χ3v) is 3.69. The van der Waals surface area contributed by atoms with Gasteiger partial charge < -0.3 is 5.32 Å². The number of para-hydroxylation sites is 1. The van der Waals surface area contributed by atoms with Gasteiger partial charge in [0.25, 0.3) is 0 Å². The van der Waals surface area contributed by atoms with E-state index in [-0.39, 0.29) is 10.7 Å². The van der Waals surface area contributed by atoms with Crippen LogP contribution >= 0.6 is 27.5 Å². The van der Waals surface area contributed by atoms with Crippen LogP contribution in [-0.2, 0) is 6.42 Å². The van der Waals surface area contributed by atoms with Crippen LogP contribution < -0.4 is 5.32 Å². The first-order valence-electron chi connectivity index (χ1n) is 6.01. The second-order valence-corrected chi connectivity index (χ2v) is 5.50. The van der Waals surface area contributed by atoms with Crippen LogP contribution in [0, 0.1) is 10.1 Å². The fourth-order valence-electron chi connectivity index (χ4n) is 1.92. The second kappa shape index (κ2) is 6.24. The molecule has 2 aromatic carbocycles. The Labute approximate surface area is 130 Å². The van der Waals surface area contributed by atoms with Crippen molar-refractivity contribution in [1.29, 1.82) is 0 Å². The van der Waals surface area contributed by atoms with Crippen LogP contribution in [0.2, 0.25) is 5.02 Å². The van der Waals surface area contributed by atoms with Gasteiger partial charge in [0.2, 0.25) is 0 Å².